The Hall–Kier alpha value is -2.15. The lowest BCUT2D eigenvalue weighted by Gasteiger charge is -2.17. The molecule has 0 radical (unpaired) electrons. The van der Waals surface area contributed by atoms with Gasteiger partial charge in [-0.1, -0.05) is 30.3 Å². The molecule has 2 heterocycles. The maximum atomic E-state index is 13.0. The molecule has 144 valence electrons. The van der Waals surface area contributed by atoms with Crippen molar-refractivity contribution in [1.82, 2.24) is 15.1 Å². The molecular formula is C20H25N3O3S. The van der Waals surface area contributed by atoms with Gasteiger partial charge in [0.15, 0.2) is 15.5 Å². The number of carbonyl (C=O) groups is 1. The zero-order valence-electron chi connectivity index (χ0n) is 15.5. The highest BCUT2D eigenvalue weighted by Gasteiger charge is 2.34. The molecule has 4 rings (SSSR count). The van der Waals surface area contributed by atoms with E-state index in [-0.39, 0.29) is 29.5 Å². The Balaban J connectivity index is 1.62. The van der Waals surface area contributed by atoms with Gasteiger partial charge in [0.25, 0.3) is 5.91 Å². The smallest absolute Gasteiger partial charge is 0.272 e. The third-order valence-corrected chi connectivity index (χ3v) is 7.38. The molecule has 1 fully saturated rings. The molecule has 1 aromatic carbocycles. The summed E-state index contributed by atoms with van der Waals surface area (Å²) in [5, 5.41) is 7.68. The molecule has 2 aliphatic rings. The standard InChI is InChI=1S/C20H25N3O3S/c1-14(15-7-3-2-4-8-15)21-20(24)19-17-9-5-6-10-18(17)23(22-19)16-11-12-27(25,26)13-16/h2-4,7-8,14,16H,5-6,9-13H2,1H3,(H,21,24)/t14-,16+/m0/s1. The summed E-state index contributed by atoms with van der Waals surface area (Å²) in [7, 11) is -3.00. The normalized spacial score (nSPS) is 22.2. The van der Waals surface area contributed by atoms with Crippen LogP contribution in [0, 0.1) is 0 Å². The summed E-state index contributed by atoms with van der Waals surface area (Å²) in [5.41, 5.74) is 3.57. The van der Waals surface area contributed by atoms with Gasteiger partial charge in [-0.05, 0) is 44.6 Å². The lowest BCUT2D eigenvalue weighted by Crippen LogP contribution is -2.28. The fraction of sp³-hybridized carbons (Fsp3) is 0.500. The minimum atomic E-state index is -3.00. The second-order valence-corrected chi connectivity index (χ2v) is 9.82. The second kappa shape index (κ2) is 7.11. The molecule has 2 atom stereocenters. The largest absolute Gasteiger partial charge is 0.344 e. The maximum absolute atomic E-state index is 13.0. The van der Waals surface area contributed by atoms with E-state index in [4.69, 9.17) is 0 Å². The summed E-state index contributed by atoms with van der Waals surface area (Å²) in [4.78, 5) is 13.0. The van der Waals surface area contributed by atoms with E-state index in [9.17, 15) is 13.2 Å². The lowest BCUT2D eigenvalue weighted by molar-refractivity contribution is 0.0932. The van der Waals surface area contributed by atoms with Crippen LogP contribution in [-0.4, -0.2) is 35.6 Å². The van der Waals surface area contributed by atoms with Crippen LogP contribution in [0.5, 0.6) is 0 Å². The van der Waals surface area contributed by atoms with Gasteiger partial charge >= 0.3 is 0 Å². The summed E-state index contributed by atoms with van der Waals surface area (Å²) in [6.45, 7) is 1.96. The van der Waals surface area contributed by atoms with Gasteiger partial charge in [0.2, 0.25) is 0 Å². The highest BCUT2D eigenvalue weighted by Crippen LogP contribution is 2.31. The van der Waals surface area contributed by atoms with Crippen LogP contribution < -0.4 is 5.32 Å². The number of hydrogen-bond acceptors (Lipinski definition) is 4. The molecule has 0 saturated carbocycles. The number of carbonyl (C=O) groups excluding carboxylic acids is 1. The molecule has 0 unspecified atom stereocenters. The summed E-state index contributed by atoms with van der Waals surface area (Å²) < 4.78 is 25.7. The minimum Gasteiger partial charge on any atom is -0.344 e. The summed E-state index contributed by atoms with van der Waals surface area (Å²) in [6, 6.07) is 9.57. The molecule has 2 aromatic rings. The van der Waals surface area contributed by atoms with Crippen LogP contribution in [0.25, 0.3) is 0 Å². The zero-order valence-corrected chi connectivity index (χ0v) is 16.3. The van der Waals surface area contributed by atoms with Gasteiger partial charge in [0.1, 0.15) is 0 Å². The Morgan fingerprint density at radius 2 is 1.96 bits per heavy atom. The molecular weight excluding hydrogens is 362 g/mol. The Morgan fingerprint density at radius 1 is 1.22 bits per heavy atom. The molecule has 6 nitrogen and oxygen atoms in total. The maximum Gasteiger partial charge on any atom is 0.272 e. The molecule has 1 amide bonds. The van der Waals surface area contributed by atoms with Crippen LogP contribution in [0.3, 0.4) is 0 Å². The number of aromatic nitrogens is 2. The van der Waals surface area contributed by atoms with E-state index in [0.29, 0.717) is 12.1 Å². The van der Waals surface area contributed by atoms with Crippen LogP contribution >= 0.6 is 0 Å². The van der Waals surface area contributed by atoms with E-state index in [1.165, 1.54) is 0 Å². The topological polar surface area (TPSA) is 81.1 Å². The first-order valence-electron chi connectivity index (χ1n) is 9.61. The molecule has 0 spiro atoms. The van der Waals surface area contributed by atoms with Crippen molar-refractivity contribution in [2.75, 3.05) is 11.5 Å². The van der Waals surface area contributed by atoms with Gasteiger partial charge in [-0.15, -0.1) is 0 Å². The van der Waals surface area contributed by atoms with Crippen molar-refractivity contribution < 1.29 is 13.2 Å². The number of fused-ring (bicyclic) bond motifs is 1. The van der Waals surface area contributed by atoms with Gasteiger partial charge in [0, 0.05) is 11.3 Å². The van der Waals surface area contributed by atoms with Crippen molar-refractivity contribution >= 4 is 15.7 Å². The third-order valence-electron chi connectivity index (χ3n) is 5.63. The average Bonchev–Trinajstić information content (AvgIpc) is 3.22. The van der Waals surface area contributed by atoms with E-state index in [2.05, 4.69) is 10.4 Å². The van der Waals surface area contributed by atoms with E-state index in [1.807, 2.05) is 41.9 Å². The van der Waals surface area contributed by atoms with Crippen molar-refractivity contribution in [2.24, 2.45) is 0 Å². The quantitative estimate of drug-likeness (QED) is 0.874. The van der Waals surface area contributed by atoms with Crippen molar-refractivity contribution in [3.8, 4) is 0 Å². The monoisotopic (exact) mass is 387 g/mol. The third kappa shape index (κ3) is 3.65. The molecule has 1 aromatic heterocycles. The molecule has 1 aliphatic carbocycles. The van der Waals surface area contributed by atoms with Gasteiger partial charge in [-0.25, -0.2) is 8.42 Å². The summed E-state index contributed by atoms with van der Waals surface area (Å²) in [5.74, 6) is 0.158. The number of nitrogens with one attached hydrogen (secondary N) is 1. The molecule has 0 bridgehead atoms. The first-order valence-corrected chi connectivity index (χ1v) is 11.4. The highest BCUT2D eigenvalue weighted by atomic mass is 32.2. The molecule has 1 N–H and O–H groups in total. The number of hydrogen-bond donors (Lipinski definition) is 1. The number of amides is 1. The number of benzene rings is 1. The molecule has 27 heavy (non-hydrogen) atoms. The first kappa shape index (κ1) is 18.2. The number of sulfone groups is 1. The minimum absolute atomic E-state index is 0.116. The predicted molar refractivity (Wildman–Crippen MR) is 104 cm³/mol. The van der Waals surface area contributed by atoms with E-state index < -0.39 is 9.84 Å². The average molecular weight is 388 g/mol. The van der Waals surface area contributed by atoms with Crippen LogP contribution in [0.15, 0.2) is 30.3 Å². The Bertz CT molecular complexity index is 950. The van der Waals surface area contributed by atoms with Crippen LogP contribution in [0.2, 0.25) is 0 Å². The number of rotatable bonds is 4. The fourth-order valence-corrected chi connectivity index (χ4v) is 5.86. The van der Waals surface area contributed by atoms with Gasteiger partial charge in [-0.2, -0.15) is 5.10 Å². The first-order chi connectivity index (χ1) is 12.9. The Morgan fingerprint density at radius 3 is 2.67 bits per heavy atom. The fourth-order valence-electron chi connectivity index (χ4n) is 4.17. The van der Waals surface area contributed by atoms with Crippen LogP contribution in [0.4, 0.5) is 0 Å². The highest BCUT2D eigenvalue weighted by molar-refractivity contribution is 7.91. The van der Waals surface area contributed by atoms with Gasteiger partial charge in [0.05, 0.1) is 23.6 Å². The SMILES string of the molecule is C[C@H](NC(=O)c1nn([C@@H]2CCS(=O)(=O)C2)c2c1CCCC2)c1ccccc1. The summed E-state index contributed by atoms with van der Waals surface area (Å²) in [6.07, 6.45) is 4.37. The van der Waals surface area contributed by atoms with Crippen molar-refractivity contribution in [3.05, 3.63) is 52.8 Å². The summed E-state index contributed by atoms with van der Waals surface area (Å²) >= 11 is 0. The Labute approximate surface area is 159 Å². The van der Waals surface area contributed by atoms with Gasteiger partial charge < -0.3 is 5.32 Å². The zero-order chi connectivity index (χ0) is 19.0. The molecule has 1 aliphatic heterocycles. The Kier molecular flexibility index (Phi) is 4.80. The molecule has 1 saturated heterocycles. The van der Waals surface area contributed by atoms with Gasteiger partial charge in [-0.3, -0.25) is 9.48 Å². The van der Waals surface area contributed by atoms with E-state index >= 15 is 0 Å². The van der Waals surface area contributed by atoms with Crippen molar-refractivity contribution in [3.63, 3.8) is 0 Å². The second-order valence-electron chi connectivity index (χ2n) is 7.59. The van der Waals surface area contributed by atoms with E-state index in [1.54, 1.807) is 0 Å². The van der Waals surface area contributed by atoms with Crippen molar-refractivity contribution in [2.45, 2.75) is 51.1 Å². The van der Waals surface area contributed by atoms with Crippen LogP contribution in [-0.2, 0) is 22.7 Å². The predicted octanol–water partition coefficient (Wildman–Crippen LogP) is 2.61. The van der Waals surface area contributed by atoms with Crippen molar-refractivity contribution in [1.29, 1.82) is 0 Å². The lowest BCUT2D eigenvalue weighted by atomic mass is 9.95. The number of nitrogens with zero attached hydrogens (tertiary/aromatic N) is 2. The van der Waals surface area contributed by atoms with E-state index in [0.717, 1.165) is 42.5 Å². The molecule has 7 heteroatoms. The van der Waals surface area contributed by atoms with Crippen LogP contribution in [0.1, 0.15) is 65.6 Å².